The number of nitrogens with zero attached hydrogens (tertiary/aromatic N) is 4. The summed E-state index contributed by atoms with van der Waals surface area (Å²) in [6.45, 7) is 4.81. The Labute approximate surface area is 165 Å². The molecule has 29 heavy (non-hydrogen) atoms. The molecular formula is C18H20N6O5. The Balaban J connectivity index is 1.75. The van der Waals surface area contributed by atoms with Crippen LogP contribution >= 0.6 is 0 Å². The predicted molar refractivity (Wildman–Crippen MR) is 102 cm³/mol. The molecule has 11 heteroatoms. The fourth-order valence-electron chi connectivity index (χ4n) is 3.10. The molecule has 0 bridgehead atoms. The van der Waals surface area contributed by atoms with Crippen molar-refractivity contribution in [2.75, 3.05) is 11.9 Å². The summed E-state index contributed by atoms with van der Waals surface area (Å²) in [5, 5.41) is 20.1. The van der Waals surface area contributed by atoms with E-state index in [0.717, 1.165) is 4.90 Å². The number of nitro benzene ring substituents is 1. The number of nitro groups is 1. The topological polar surface area (TPSA) is 139 Å². The Morgan fingerprint density at radius 2 is 1.93 bits per heavy atom. The van der Waals surface area contributed by atoms with Crippen LogP contribution in [0.4, 0.5) is 16.3 Å². The maximum atomic E-state index is 12.9. The second kappa shape index (κ2) is 7.34. The van der Waals surface area contributed by atoms with Gasteiger partial charge in [-0.1, -0.05) is 0 Å². The molecule has 152 valence electrons. The standard InChI is InChI=1S/C18H20N6O5/c1-11(2)23-14(8-9-19-23)20-15(25)10-22-16(26)18(3,21-17(22)27)12-4-6-13(7-5-12)24(28)29/h4-9,11H,10H2,1-3H3,(H,20,25)(H,21,27). The Bertz CT molecular complexity index is 983. The lowest BCUT2D eigenvalue weighted by Gasteiger charge is -2.22. The lowest BCUT2D eigenvalue weighted by molar-refractivity contribution is -0.384. The van der Waals surface area contributed by atoms with Crippen molar-refractivity contribution >= 4 is 29.4 Å². The number of hydrogen-bond acceptors (Lipinski definition) is 6. The lowest BCUT2D eigenvalue weighted by atomic mass is 9.92. The molecule has 0 spiro atoms. The molecule has 11 nitrogen and oxygen atoms in total. The number of nitrogens with one attached hydrogen (secondary N) is 2. The molecule has 1 aliphatic rings. The summed E-state index contributed by atoms with van der Waals surface area (Å²) in [5.41, 5.74) is -1.18. The van der Waals surface area contributed by atoms with Gasteiger partial charge in [0, 0.05) is 24.2 Å². The fourth-order valence-corrected chi connectivity index (χ4v) is 3.10. The van der Waals surface area contributed by atoms with Crippen molar-refractivity contribution in [3.8, 4) is 0 Å². The van der Waals surface area contributed by atoms with Gasteiger partial charge in [-0.05, 0) is 38.5 Å². The number of urea groups is 1. The van der Waals surface area contributed by atoms with E-state index in [1.54, 1.807) is 10.7 Å². The Morgan fingerprint density at radius 3 is 2.52 bits per heavy atom. The van der Waals surface area contributed by atoms with E-state index < -0.39 is 34.9 Å². The highest BCUT2D eigenvalue weighted by Gasteiger charge is 2.49. The summed E-state index contributed by atoms with van der Waals surface area (Å²) in [5.74, 6) is -0.720. The molecule has 2 aromatic rings. The minimum atomic E-state index is -1.42. The number of rotatable bonds is 6. The van der Waals surface area contributed by atoms with E-state index in [0.29, 0.717) is 11.4 Å². The zero-order chi connectivity index (χ0) is 21.3. The first-order valence-electron chi connectivity index (χ1n) is 8.86. The maximum Gasteiger partial charge on any atom is 0.325 e. The molecule has 3 rings (SSSR count). The maximum absolute atomic E-state index is 12.9. The summed E-state index contributed by atoms with van der Waals surface area (Å²) in [7, 11) is 0. The summed E-state index contributed by atoms with van der Waals surface area (Å²) in [6, 6.07) is 6.23. The van der Waals surface area contributed by atoms with E-state index in [1.165, 1.54) is 37.4 Å². The quantitative estimate of drug-likeness (QED) is 0.430. The highest BCUT2D eigenvalue weighted by atomic mass is 16.6. The Kier molecular flexibility index (Phi) is 5.06. The smallest absolute Gasteiger partial charge is 0.319 e. The third-order valence-corrected chi connectivity index (χ3v) is 4.66. The Morgan fingerprint density at radius 1 is 1.28 bits per heavy atom. The molecule has 0 aliphatic carbocycles. The van der Waals surface area contributed by atoms with Crippen molar-refractivity contribution in [2.45, 2.75) is 32.4 Å². The summed E-state index contributed by atoms with van der Waals surface area (Å²) in [4.78, 5) is 48.7. The van der Waals surface area contributed by atoms with Crippen LogP contribution in [0.25, 0.3) is 0 Å². The third-order valence-electron chi connectivity index (χ3n) is 4.66. The number of anilines is 1. The van der Waals surface area contributed by atoms with Crippen LogP contribution in [0, 0.1) is 10.1 Å². The monoisotopic (exact) mass is 400 g/mol. The van der Waals surface area contributed by atoms with Crippen molar-refractivity contribution < 1.29 is 19.3 Å². The van der Waals surface area contributed by atoms with Gasteiger partial charge in [0.1, 0.15) is 17.9 Å². The average Bonchev–Trinajstić information content (AvgIpc) is 3.21. The van der Waals surface area contributed by atoms with E-state index in [-0.39, 0.29) is 11.7 Å². The number of aromatic nitrogens is 2. The summed E-state index contributed by atoms with van der Waals surface area (Å²) >= 11 is 0. The van der Waals surface area contributed by atoms with Gasteiger partial charge in [-0.2, -0.15) is 5.10 Å². The predicted octanol–water partition coefficient (Wildman–Crippen LogP) is 1.78. The second-order valence-electron chi connectivity index (χ2n) is 7.05. The molecular weight excluding hydrogens is 380 g/mol. The van der Waals surface area contributed by atoms with Crippen LogP contribution in [0.5, 0.6) is 0 Å². The molecule has 0 saturated carbocycles. The molecule has 0 radical (unpaired) electrons. The fraction of sp³-hybridized carbons (Fsp3) is 0.333. The van der Waals surface area contributed by atoms with E-state index in [2.05, 4.69) is 15.7 Å². The van der Waals surface area contributed by atoms with Gasteiger partial charge in [-0.3, -0.25) is 24.6 Å². The molecule has 1 saturated heterocycles. The number of non-ortho nitro benzene ring substituents is 1. The van der Waals surface area contributed by atoms with Crippen LogP contribution in [0.3, 0.4) is 0 Å². The van der Waals surface area contributed by atoms with E-state index >= 15 is 0 Å². The zero-order valence-corrected chi connectivity index (χ0v) is 16.1. The number of benzene rings is 1. The van der Waals surface area contributed by atoms with Gasteiger partial charge in [0.15, 0.2) is 0 Å². The van der Waals surface area contributed by atoms with E-state index in [9.17, 15) is 24.5 Å². The molecule has 4 amide bonds. The van der Waals surface area contributed by atoms with Gasteiger partial charge in [0.2, 0.25) is 5.91 Å². The minimum Gasteiger partial charge on any atom is -0.319 e. The average molecular weight is 400 g/mol. The molecule has 1 fully saturated rings. The van der Waals surface area contributed by atoms with Gasteiger partial charge in [0.05, 0.1) is 11.1 Å². The summed E-state index contributed by atoms with van der Waals surface area (Å²) in [6.07, 6.45) is 1.54. The van der Waals surface area contributed by atoms with Crippen molar-refractivity contribution in [3.05, 3.63) is 52.2 Å². The number of carbonyl (C=O) groups is 3. The van der Waals surface area contributed by atoms with Crippen molar-refractivity contribution in [2.24, 2.45) is 0 Å². The van der Waals surface area contributed by atoms with Gasteiger partial charge in [-0.15, -0.1) is 0 Å². The molecule has 1 unspecified atom stereocenters. The Hall–Kier alpha value is -3.76. The first kappa shape index (κ1) is 20.0. The van der Waals surface area contributed by atoms with Gasteiger partial charge < -0.3 is 10.6 Å². The van der Waals surface area contributed by atoms with Crippen molar-refractivity contribution in [1.29, 1.82) is 0 Å². The van der Waals surface area contributed by atoms with Crippen LogP contribution in [-0.2, 0) is 15.1 Å². The van der Waals surface area contributed by atoms with Crippen LogP contribution in [0.1, 0.15) is 32.4 Å². The van der Waals surface area contributed by atoms with E-state index in [1.807, 2.05) is 13.8 Å². The van der Waals surface area contributed by atoms with Crippen LogP contribution in [-0.4, -0.2) is 44.0 Å². The normalized spacial score (nSPS) is 18.8. The highest BCUT2D eigenvalue weighted by molar-refractivity contribution is 6.10. The van der Waals surface area contributed by atoms with Crippen LogP contribution < -0.4 is 10.6 Å². The second-order valence-corrected chi connectivity index (χ2v) is 7.05. The first-order chi connectivity index (χ1) is 13.6. The van der Waals surface area contributed by atoms with E-state index in [4.69, 9.17) is 0 Å². The van der Waals surface area contributed by atoms with Gasteiger partial charge >= 0.3 is 6.03 Å². The highest BCUT2D eigenvalue weighted by Crippen LogP contribution is 2.30. The number of hydrogen-bond donors (Lipinski definition) is 2. The van der Waals surface area contributed by atoms with Crippen molar-refractivity contribution in [1.82, 2.24) is 20.0 Å². The summed E-state index contributed by atoms with van der Waals surface area (Å²) < 4.78 is 1.60. The molecule has 1 aromatic heterocycles. The first-order valence-corrected chi connectivity index (χ1v) is 8.86. The number of carbonyl (C=O) groups excluding carboxylic acids is 3. The SMILES string of the molecule is CC(C)n1nccc1NC(=O)CN1C(=O)NC(C)(c2ccc([N+](=O)[O-])cc2)C1=O. The van der Waals surface area contributed by atoms with Crippen molar-refractivity contribution in [3.63, 3.8) is 0 Å². The van der Waals surface area contributed by atoms with Gasteiger partial charge in [-0.25, -0.2) is 9.48 Å². The van der Waals surface area contributed by atoms with Crippen LogP contribution in [0.15, 0.2) is 36.5 Å². The van der Waals surface area contributed by atoms with Gasteiger partial charge in [0.25, 0.3) is 11.6 Å². The largest absolute Gasteiger partial charge is 0.325 e. The number of amides is 4. The molecule has 1 aliphatic heterocycles. The molecule has 2 N–H and O–H groups in total. The lowest BCUT2D eigenvalue weighted by Crippen LogP contribution is -2.42. The molecule has 1 atom stereocenters. The third kappa shape index (κ3) is 3.66. The minimum absolute atomic E-state index is 0.0162. The molecule has 2 heterocycles. The molecule has 1 aromatic carbocycles. The number of imide groups is 1. The zero-order valence-electron chi connectivity index (χ0n) is 16.1. The van der Waals surface area contributed by atoms with Crippen LogP contribution in [0.2, 0.25) is 0 Å².